The van der Waals surface area contributed by atoms with E-state index in [-0.39, 0.29) is 27.1 Å². The molecule has 1 aliphatic rings. The largest absolute Gasteiger partial charge is 2.00 e. The molecule has 0 unspecified atom stereocenters. The van der Waals surface area contributed by atoms with Crippen LogP contribution >= 0.6 is 0 Å². The SMILES string of the molecule is NC1=N[CH-]CO1.[CH2-]Cc1ccc(NC(=O)OCC)cc1.[W+2]. The predicted octanol–water partition coefficient (Wildman–Crippen LogP) is 2.12. The number of anilines is 1. The molecular formula is C14H19N3O3W. The van der Waals surface area contributed by atoms with Gasteiger partial charge in [-0.05, 0) is 19.1 Å². The van der Waals surface area contributed by atoms with Crippen LogP contribution in [0.1, 0.15) is 12.5 Å². The third kappa shape index (κ3) is 8.25. The van der Waals surface area contributed by atoms with Gasteiger partial charge in [-0.2, -0.15) is 6.42 Å². The van der Waals surface area contributed by atoms with E-state index in [1.54, 1.807) is 13.5 Å². The van der Waals surface area contributed by atoms with E-state index < -0.39 is 6.09 Å². The second-order valence-corrected chi connectivity index (χ2v) is 3.75. The van der Waals surface area contributed by atoms with Crippen LogP contribution in [0.5, 0.6) is 0 Å². The number of carbonyl (C=O) groups is 1. The molecule has 0 aliphatic carbocycles. The molecule has 1 amide bonds. The topological polar surface area (TPSA) is 85.9 Å². The van der Waals surface area contributed by atoms with Crippen LogP contribution in [0.3, 0.4) is 0 Å². The third-order valence-electron chi connectivity index (χ3n) is 2.29. The van der Waals surface area contributed by atoms with Crippen LogP contribution in [0.2, 0.25) is 0 Å². The van der Waals surface area contributed by atoms with Crippen LogP contribution in [0.25, 0.3) is 0 Å². The zero-order valence-electron chi connectivity index (χ0n) is 11.9. The summed E-state index contributed by atoms with van der Waals surface area (Å²) in [6.07, 6.45) is 0.328. The molecule has 2 rings (SSSR count). The molecule has 0 radical (unpaired) electrons. The summed E-state index contributed by atoms with van der Waals surface area (Å²) in [4.78, 5) is 14.6. The summed E-state index contributed by atoms with van der Waals surface area (Å²) in [6, 6.07) is 7.79. The minimum absolute atomic E-state index is 0. The van der Waals surface area contributed by atoms with E-state index in [1.165, 1.54) is 0 Å². The number of carbonyl (C=O) groups excluding carboxylic acids is 1. The summed E-state index contributed by atoms with van der Waals surface area (Å²) in [5.74, 6) is 0. The standard InChI is InChI=1S/C11H14NO2.C3H5N2O.W/c1-3-9-5-7-10(8-6-9)12-11(13)14-4-2;4-3-5-1-2-6-3;/h5-8H,1,3-4H2,2H3,(H,12,13);1H,2H2,(H2,4,5);/q2*-1;+2. The number of nitrogens with two attached hydrogens (primary N) is 1. The number of rotatable bonds is 3. The monoisotopic (exact) mass is 461 g/mol. The molecule has 1 aromatic rings. The average molecular weight is 461 g/mol. The fraction of sp³-hybridized carbons (Fsp3) is 0.286. The molecule has 1 aromatic carbocycles. The Morgan fingerprint density at radius 2 is 2.19 bits per heavy atom. The molecule has 0 saturated carbocycles. The number of ether oxygens (including phenoxy) is 2. The van der Waals surface area contributed by atoms with Gasteiger partial charge in [-0.3, -0.25) is 5.32 Å². The zero-order valence-corrected chi connectivity index (χ0v) is 14.8. The molecule has 3 N–H and O–H groups in total. The summed E-state index contributed by atoms with van der Waals surface area (Å²) >= 11 is 0. The minimum atomic E-state index is -0.421. The molecule has 0 fully saturated rings. The van der Waals surface area contributed by atoms with Gasteiger partial charge in [0, 0.05) is 12.3 Å². The van der Waals surface area contributed by atoms with Gasteiger partial charge in [-0.1, -0.05) is 17.7 Å². The first-order chi connectivity index (χ1) is 9.65. The van der Waals surface area contributed by atoms with Crippen LogP contribution in [0, 0.1) is 13.5 Å². The van der Waals surface area contributed by atoms with Crippen LogP contribution in [0.4, 0.5) is 10.5 Å². The first-order valence-electron chi connectivity index (χ1n) is 6.25. The summed E-state index contributed by atoms with van der Waals surface area (Å²) in [6.45, 7) is 8.06. The molecule has 0 aromatic heterocycles. The van der Waals surface area contributed by atoms with Crippen LogP contribution in [-0.2, 0) is 37.0 Å². The molecule has 7 heteroatoms. The molecule has 0 spiro atoms. The van der Waals surface area contributed by atoms with E-state index in [1.807, 2.05) is 24.3 Å². The van der Waals surface area contributed by atoms with Gasteiger partial charge in [-0.25, -0.2) is 4.79 Å². The number of nitrogens with zero attached hydrogens (tertiary/aromatic N) is 1. The van der Waals surface area contributed by atoms with Crippen molar-refractivity contribution >= 4 is 17.8 Å². The van der Waals surface area contributed by atoms with Gasteiger partial charge in [0.25, 0.3) is 0 Å². The van der Waals surface area contributed by atoms with Crippen molar-refractivity contribution in [3.8, 4) is 0 Å². The third-order valence-corrected chi connectivity index (χ3v) is 2.29. The van der Waals surface area contributed by atoms with Crippen molar-refractivity contribution in [2.24, 2.45) is 10.7 Å². The van der Waals surface area contributed by atoms with Crippen molar-refractivity contribution in [3.05, 3.63) is 43.3 Å². The van der Waals surface area contributed by atoms with Crippen molar-refractivity contribution in [1.82, 2.24) is 0 Å². The Morgan fingerprint density at radius 3 is 2.57 bits per heavy atom. The quantitative estimate of drug-likeness (QED) is 0.676. The van der Waals surface area contributed by atoms with Crippen molar-refractivity contribution in [3.63, 3.8) is 0 Å². The Balaban J connectivity index is 0.000000480. The van der Waals surface area contributed by atoms with Crippen molar-refractivity contribution in [1.29, 1.82) is 0 Å². The predicted molar refractivity (Wildman–Crippen MR) is 78.0 cm³/mol. The fourth-order valence-corrected chi connectivity index (χ4v) is 1.33. The maximum absolute atomic E-state index is 11.0. The number of amidine groups is 1. The van der Waals surface area contributed by atoms with Crippen molar-refractivity contribution in [2.45, 2.75) is 13.3 Å². The number of aliphatic imine (C=N–C) groups is 1. The molecule has 0 atom stereocenters. The van der Waals surface area contributed by atoms with Crippen LogP contribution in [0.15, 0.2) is 29.3 Å². The normalized spacial score (nSPS) is 11.6. The maximum Gasteiger partial charge on any atom is 2.00 e. The smallest absolute Gasteiger partial charge is 0.562 e. The van der Waals surface area contributed by atoms with E-state index in [9.17, 15) is 4.79 Å². The molecule has 21 heavy (non-hydrogen) atoms. The first-order valence-corrected chi connectivity index (χ1v) is 6.25. The van der Waals surface area contributed by atoms with Gasteiger partial charge < -0.3 is 27.1 Å². The number of amides is 1. The van der Waals surface area contributed by atoms with E-state index >= 15 is 0 Å². The van der Waals surface area contributed by atoms with Gasteiger partial charge in [0.2, 0.25) is 0 Å². The van der Waals surface area contributed by atoms with Gasteiger partial charge >= 0.3 is 27.2 Å². The molecule has 114 valence electrons. The average Bonchev–Trinajstić information content (AvgIpc) is 2.92. The van der Waals surface area contributed by atoms with E-state index in [4.69, 9.17) is 10.5 Å². The Kier molecular flexibility index (Phi) is 10.1. The Morgan fingerprint density at radius 1 is 1.52 bits per heavy atom. The van der Waals surface area contributed by atoms with Gasteiger partial charge in [-0.15, -0.1) is 6.54 Å². The van der Waals surface area contributed by atoms with Gasteiger partial charge in [0.1, 0.15) is 6.02 Å². The van der Waals surface area contributed by atoms with E-state index in [0.29, 0.717) is 13.2 Å². The minimum Gasteiger partial charge on any atom is -0.562 e. The molecule has 1 aliphatic heterocycles. The summed E-state index contributed by atoms with van der Waals surface area (Å²) in [5, 5.41) is 2.61. The Hall–Kier alpha value is -1.68. The van der Waals surface area contributed by atoms with Crippen molar-refractivity contribution < 1.29 is 35.3 Å². The first kappa shape index (κ1) is 19.3. The van der Waals surface area contributed by atoms with Crippen LogP contribution < -0.4 is 11.1 Å². The summed E-state index contributed by atoms with van der Waals surface area (Å²) in [5.41, 5.74) is 6.91. The molecule has 6 nitrogen and oxygen atoms in total. The van der Waals surface area contributed by atoms with Crippen LogP contribution in [-0.4, -0.2) is 25.3 Å². The number of nitrogens with one attached hydrogen (secondary N) is 1. The maximum atomic E-state index is 11.0. The van der Waals surface area contributed by atoms with Crippen molar-refractivity contribution in [2.75, 3.05) is 18.5 Å². The number of hydrogen-bond donors (Lipinski definition) is 2. The second kappa shape index (κ2) is 11.0. The summed E-state index contributed by atoms with van der Waals surface area (Å²) in [7, 11) is 0. The number of benzene rings is 1. The Labute approximate surface area is 139 Å². The second-order valence-electron chi connectivity index (χ2n) is 3.75. The fourth-order valence-electron chi connectivity index (χ4n) is 1.33. The zero-order chi connectivity index (χ0) is 14.8. The number of hydrogen-bond acceptors (Lipinski definition) is 5. The molecule has 1 heterocycles. The Bertz CT molecular complexity index is 449. The van der Waals surface area contributed by atoms with Gasteiger partial charge in [0.05, 0.1) is 6.61 Å². The molecular weight excluding hydrogens is 442 g/mol. The molecule has 0 bridgehead atoms. The van der Waals surface area contributed by atoms with E-state index in [0.717, 1.165) is 17.7 Å². The van der Waals surface area contributed by atoms with Gasteiger partial charge in [0.15, 0.2) is 0 Å². The molecule has 0 saturated heterocycles. The van der Waals surface area contributed by atoms with E-state index in [2.05, 4.69) is 22.0 Å². The summed E-state index contributed by atoms with van der Waals surface area (Å²) < 4.78 is 9.36.